The van der Waals surface area contributed by atoms with Gasteiger partial charge in [-0.25, -0.2) is 0 Å². The monoisotopic (exact) mass is 311 g/mol. The second kappa shape index (κ2) is 22.6. The Morgan fingerprint density at radius 2 is 0.955 bits per heavy atom. The lowest BCUT2D eigenvalue weighted by atomic mass is 10.1. The number of isocyanates is 1. The summed E-state index contributed by atoms with van der Waals surface area (Å²) in [6.07, 6.45) is 17.4. The molecule has 0 bridgehead atoms. The topological polar surface area (TPSA) is 42.6 Å². The van der Waals surface area contributed by atoms with Crippen molar-refractivity contribution in [1.82, 2.24) is 4.90 Å². The van der Waals surface area contributed by atoms with Gasteiger partial charge in [-0.05, 0) is 45.0 Å². The minimum Gasteiger partial charge on any atom is -0.724 e. The van der Waals surface area contributed by atoms with E-state index in [1.165, 1.54) is 96.7 Å². The van der Waals surface area contributed by atoms with Gasteiger partial charge in [-0.3, -0.25) is 4.79 Å². The van der Waals surface area contributed by atoms with Crippen LogP contribution in [0.1, 0.15) is 97.8 Å². The standard InChI is InChI=1S/C18H39N.CNO/c1-4-7-10-12-14-17-19(16-9-6-3)18-15-13-11-8-5-2;2-1-3/h4-18H2,1-3H3;/q;-1. The molecular formula is C19H39N2O-. The molecule has 0 heterocycles. The summed E-state index contributed by atoms with van der Waals surface area (Å²) in [5.41, 5.74) is 0. The number of rotatable bonds is 15. The molecule has 132 valence electrons. The van der Waals surface area contributed by atoms with E-state index < -0.39 is 0 Å². The van der Waals surface area contributed by atoms with Crippen molar-refractivity contribution in [2.45, 2.75) is 97.8 Å². The van der Waals surface area contributed by atoms with Crippen LogP contribution in [0.15, 0.2) is 0 Å². The quantitative estimate of drug-likeness (QED) is 0.214. The highest BCUT2D eigenvalue weighted by atomic mass is 16.1. The summed E-state index contributed by atoms with van der Waals surface area (Å²) in [5, 5.41) is 6.76. The number of hydrogen-bond acceptors (Lipinski definition) is 2. The zero-order chi connectivity index (χ0) is 16.9. The normalized spacial score (nSPS) is 10.2. The molecular weight excluding hydrogens is 272 g/mol. The van der Waals surface area contributed by atoms with Gasteiger partial charge in [0.05, 0.1) is 0 Å². The first-order valence-corrected chi connectivity index (χ1v) is 9.50. The zero-order valence-corrected chi connectivity index (χ0v) is 15.4. The Bertz CT molecular complexity index is 211. The number of hydrogen-bond donors (Lipinski definition) is 0. The van der Waals surface area contributed by atoms with Crippen molar-refractivity contribution in [3.05, 3.63) is 5.41 Å². The molecule has 22 heavy (non-hydrogen) atoms. The van der Waals surface area contributed by atoms with Gasteiger partial charge in [0.15, 0.2) is 0 Å². The second-order valence-electron chi connectivity index (χ2n) is 6.11. The maximum Gasteiger partial charge on any atom is -0.00187 e. The van der Waals surface area contributed by atoms with Gasteiger partial charge in [0.2, 0.25) is 0 Å². The molecule has 0 unspecified atom stereocenters. The molecule has 0 fully saturated rings. The lowest BCUT2D eigenvalue weighted by Gasteiger charge is -2.22. The van der Waals surface area contributed by atoms with Gasteiger partial charge in [-0.15, -0.1) is 0 Å². The van der Waals surface area contributed by atoms with Crippen LogP contribution in [0.5, 0.6) is 0 Å². The molecule has 0 atom stereocenters. The SMILES string of the molecule is CCCCCCCN(CCCC)CCCCCCC.[N-]=C=O. The summed E-state index contributed by atoms with van der Waals surface area (Å²) < 4.78 is 0. The van der Waals surface area contributed by atoms with Crippen LogP contribution >= 0.6 is 0 Å². The van der Waals surface area contributed by atoms with Crippen LogP contribution in [-0.2, 0) is 4.79 Å². The molecule has 0 N–H and O–H groups in total. The molecule has 0 aromatic rings. The van der Waals surface area contributed by atoms with Crippen molar-refractivity contribution in [3.63, 3.8) is 0 Å². The summed E-state index contributed by atoms with van der Waals surface area (Å²) >= 11 is 0. The molecule has 0 radical (unpaired) electrons. The molecule has 3 nitrogen and oxygen atoms in total. The summed E-state index contributed by atoms with van der Waals surface area (Å²) in [4.78, 5) is 11.0. The average molecular weight is 312 g/mol. The fraction of sp³-hybridized carbons (Fsp3) is 0.947. The van der Waals surface area contributed by atoms with E-state index in [-0.39, 0.29) is 0 Å². The van der Waals surface area contributed by atoms with Crippen LogP contribution in [0, 0.1) is 0 Å². The Morgan fingerprint density at radius 1 is 0.636 bits per heavy atom. The number of nitrogens with zero attached hydrogens (tertiary/aromatic N) is 2. The van der Waals surface area contributed by atoms with Gasteiger partial charge in [-0.2, -0.15) is 0 Å². The summed E-state index contributed by atoms with van der Waals surface area (Å²) in [6.45, 7) is 10.9. The summed E-state index contributed by atoms with van der Waals surface area (Å²) in [5.74, 6) is 0. The first-order valence-electron chi connectivity index (χ1n) is 9.50. The molecule has 0 saturated heterocycles. The van der Waals surface area contributed by atoms with Gasteiger partial charge < -0.3 is 10.3 Å². The van der Waals surface area contributed by atoms with E-state index in [1.54, 1.807) is 0 Å². The molecule has 0 aliphatic carbocycles. The molecule has 0 aliphatic rings. The van der Waals surface area contributed by atoms with Crippen LogP contribution in [0.25, 0.3) is 5.41 Å². The predicted molar refractivity (Wildman–Crippen MR) is 97.9 cm³/mol. The molecule has 0 saturated carbocycles. The third-order valence-corrected chi connectivity index (χ3v) is 3.98. The minimum atomic E-state index is 0.500. The van der Waals surface area contributed by atoms with Crippen molar-refractivity contribution < 1.29 is 4.79 Å². The van der Waals surface area contributed by atoms with E-state index in [0.29, 0.717) is 6.08 Å². The van der Waals surface area contributed by atoms with E-state index in [1.807, 2.05) is 0 Å². The summed E-state index contributed by atoms with van der Waals surface area (Å²) in [6, 6.07) is 0. The molecule has 0 spiro atoms. The molecule has 3 heteroatoms. The largest absolute Gasteiger partial charge is 0.724 e. The van der Waals surface area contributed by atoms with Crippen molar-refractivity contribution in [2.24, 2.45) is 0 Å². The van der Waals surface area contributed by atoms with Gasteiger partial charge >= 0.3 is 0 Å². The Morgan fingerprint density at radius 3 is 1.32 bits per heavy atom. The average Bonchev–Trinajstić information content (AvgIpc) is 2.52. The van der Waals surface area contributed by atoms with Crippen molar-refractivity contribution >= 4 is 6.08 Å². The Hall–Kier alpha value is -0.660. The number of unbranched alkanes of at least 4 members (excludes halogenated alkanes) is 9. The van der Waals surface area contributed by atoms with Crippen LogP contribution < -0.4 is 0 Å². The van der Waals surface area contributed by atoms with Gasteiger partial charge in [0, 0.05) is 0 Å². The Kier molecular flexibility index (Phi) is 24.3. The third kappa shape index (κ3) is 21.6. The lowest BCUT2D eigenvalue weighted by Crippen LogP contribution is -2.27. The van der Waals surface area contributed by atoms with E-state index in [0.717, 1.165) is 0 Å². The third-order valence-electron chi connectivity index (χ3n) is 3.98. The van der Waals surface area contributed by atoms with Gasteiger partial charge in [0.25, 0.3) is 0 Å². The highest BCUT2D eigenvalue weighted by Crippen LogP contribution is 2.08. The molecule has 0 rings (SSSR count). The highest BCUT2D eigenvalue weighted by Gasteiger charge is 2.03. The maximum atomic E-state index is 8.24. The van der Waals surface area contributed by atoms with Crippen molar-refractivity contribution in [3.8, 4) is 0 Å². The Balaban J connectivity index is 0. The van der Waals surface area contributed by atoms with E-state index in [2.05, 4.69) is 25.7 Å². The van der Waals surface area contributed by atoms with Crippen LogP contribution in [0.3, 0.4) is 0 Å². The zero-order valence-electron chi connectivity index (χ0n) is 15.4. The minimum absolute atomic E-state index is 0.500. The van der Waals surface area contributed by atoms with E-state index in [4.69, 9.17) is 10.2 Å². The molecule has 0 aliphatic heterocycles. The molecule has 0 aromatic heterocycles. The lowest BCUT2D eigenvalue weighted by molar-refractivity contribution is 0.256. The smallest absolute Gasteiger partial charge is 0.00187 e. The molecule has 0 aromatic carbocycles. The Labute approximate surface area is 139 Å². The van der Waals surface area contributed by atoms with Gasteiger partial charge in [-0.1, -0.05) is 78.6 Å². The second-order valence-corrected chi connectivity index (χ2v) is 6.11. The fourth-order valence-corrected chi connectivity index (χ4v) is 2.60. The van der Waals surface area contributed by atoms with E-state index >= 15 is 0 Å². The predicted octanol–water partition coefficient (Wildman–Crippen LogP) is 5.92. The number of carbonyl (C=O) groups excluding carboxylic acids is 1. The maximum absolute atomic E-state index is 8.24. The highest BCUT2D eigenvalue weighted by molar-refractivity contribution is 5.36. The summed E-state index contributed by atoms with van der Waals surface area (Å²) in [7, 11) is 0. The van der Waals surface area contributed by atoms with Crippen molar-refractivity contribution in [2.75, 3.05) is 19.6 Å². The fourth-order valence-electron chi connectivity index (χ4n) is 2.60. The van der Waals surface area contributed by atoms with Crippen molar-refractivity contribution in [1.29, 1.82) is 0 Å². The van der Waals surface area contributed by atoms with Crippen LogP contribution in [0.4, 0.5) is 0 Å². The van der Waals surface area contributed by atoms with E-state index in [9.17, 15) is 0 Å². The van der Waals surface area contributed by atoms with Crippen LogP contribution in [-0.4, -0.2) is 30.6 Å². The first-order chi connectivity index (χ1) is 10.8. The molecule has 0 amide bonds. The first kappa shape index (κ1) is 23.6. The van der Waals surface area contributed by atoms with Gasteiger partial charge in [0.1, 0.15) is 0 Å². The van der Waals surface area contributed by atoms with Crippen LogP contribution in [0.2, 0.25) is 0 Å².